The van der Waals surface area contributed by atoms with Gasteiger partial charge in [0.1, 0.15) is 5.82 Å². The minimum atomic E-state index is 0.693. The second-order valence-electron chi connectivity index (χ2n) is 7.56. The molecule has 152 valence electrons. The molecule has 1 aromatic carbocycles. The lowest BCUT2D eigenvalue weighted by atomic mass is 10.0. The Hall–Kier alpha value is -1.48. The highest BCUT2D eigenvalue weighted by atomic mass is 127. The summed E-state index contributed by atoms with van der Waals surface area (Å²) in [6, 6.07) is 4.10. The van der Waals surface area contributed by atoms with Crippen LogP contribution in [0.1, 0.15) is 37.7 Å². The lowest BCUT2D eigenvalue weighted by Gasteiger charge is -2.18. The Morgan fingerprint density at radius 2 is 2.04 bits per heavy atom. The van der Waals surface area contributed by atoms with Crippen LogP contribution in [0.2, 0.25) is 0 Å². The largest absolute Gasteiger partial charge is 0.493 e. The molecule has 1 fully saturated rings. The van der Waals surface area contributed by atoms with Gasteiger partial charge in [-0.2, -0.15) is 0 Å². The zero-order chi connectivity index (χ0) is 19.3. The van der Waals surface area contributed by atoms with Crippen molar-refractivity contribution in [1.29, 1.82) is 0 Å². The number of methoxy groups -OCH3 is 1. The molecule has 2 aromatic rings. The van der Waals surface area contributed by atoms with Gasteiger partial charge in [0.05, 0.1) is 47.8 Å². The first-order chi connectivity index (χ1) is 13.8. The number of pyridine rings is 1. The van der Waals surface area contributed by atoms with E-state index in [1.165, 1.54) is 50.0 Å². The van der Waals surface area contributed by atoms with Crippen LogP contribution in [0.25, 0.3) is 10.9 Å². The van der Waals surface area contributed by atoms with Gasteiger partial charge in [0.15, 0.2) is 11.5 Å². The number of halogens is 1. The highest BCUT2D eigenvalue weighted by molar-refractivity contribution is 14.1. The molecule has 0 spiro atoms. The molecule has 0 atom stereocenters. The van der Waals surface area contributed by atoms with Crippen LogP contribution in [0.4, 0.5) is 11.5 Å². The topological polar surface area (TPSA) is 58.6 Å². The standard InChI is InChI=1S/C21H29IN4O2/c1-27-18-13-16-17(14-19(18)28-12-6-11-26-9-4-5-10-26)24-21(25-22)15-7-2-3-8-23-20(15)16/h13-14,23H,2-12H2,1H3,(H,24,25). The number of aromatic nitrogens is 1. The molecule has 0 saturated carbocycles. The number of benzene rings is 1. The molecule has 1 aromatic heterocycles. The first-order valence-electron chi connectivity index (χ1n) is 10.3. The summed E-state index contributed by atoms with van der Waals surface area (Å²) in [5.41, 5.74) is 3.38. The minimum absolute atomic E-state index is 0.693. The Morgan fingerprint density at radius 3 is 2.82 bits per heavy atom. The summed E-state index contributed by atoms with van der Waals surface area (Å²) in [6.07, 6.45) is 7.07. The van der Waals surface area contributed by atoms with Gasteiger partial charge < -0.3 is 23.2 Å². The van der Waals surface area contributed by atoms with Gasteiger partial charge in [-0.25, -0.2) is 4.98 Å². The quantitative estimate of drug-likeness (QED) is 0.332. The fraction of sp³-hybridized carbons (Fsp3) is 0.571. The van der Waals surface area contributed by atoms with Crippen molar-refractivity contribution in [3.63, 3.8) is 0 Å². The molecule has 0 bridgehead atoms. The van der Waals surface area contributed by atoms with E-state index in [0.29, 0.717) is 6.61 Å². The van der Waals surface area contributed by atoms with Crippen LogP contribution in [-0.2, 0) is 6.42 Å². The third kappa shape index (κ3) is 4.25. The van der Waals surface area contributed by atoms with E-state index in [1.807, 2.05) is 6.07 Å². The SMILES string of the molecule is COc1cc2c3c(c(NI)nc2cc1OCCCN1CCCC1)CCCCN3. The Bertz CT molecular complexity index is 824. The molecule has 0 unspecified atom stereocenters. The van der Waals surface area contributed by atoms with E-state index >= 15 is 0 Å². The van der Waals surface area contributed by atoms with Gasteiger partial charge in [-0.05, 0) is 57.7 Å². The van der Waals surface area contributed by atoms with Crippen molar-refractivity contribution < 1.29 is 9.47 Å². The number of anilines is 2. The molecular formula is C21H29IN4O2. The van der Waals surface area contributed by atoms with Crippen molar-refractivity contribution in [2.24, 2.45) is 0 Å². The minimum Gasteiger partial charge on any atom is -0.493 e. The highest BCUT2D eigenvalue weighted by Gasteiger charge is 2.19. The van der Waals surface area contributed by atoms with E-state index in [-0.39, 0.29) is 0 Å². The van der Waals surface area contributed by atoms with E-state index in [9.17, 15) is 0 Å². The van der Waals surface area contributed by atoms with E-state index < -0.39 is 0 Å². The molecule has 28 heavy (non-hydrogen) atoms. The predicted molar refractivity (Wildman–Crippen MR) is 123 cm³/mol. The average molecular weight is 496 g/mol. The van der Waals surface area contributed by atoms with Crippen LogP contribution >= 0.6 is 22.9 Å². The number of ether oxygens (including phenoxy) is 2. The van der Waals surface area contributed by atoms with Crippen molar-refractivity contribution >= 4 is 45.3 Å². The first kappa shape index (κ1) is 19.8. The summed E-state index contributed by atoms with van der Waals surface area (Å²) in [6.45, 7) is 5.25. The highest BCUT2D eigenvalue weighted by Crippen LogP contribution is 2.40. The number of nitrogens with zero attached hydrogens (tertiary/aromatic N) is 2. The molecule has 1 saturated heterocycles. The summed E-state index contributed by atoms with van der Waals surface area (Å²) < 4.78 is 15.0. The second kappa shape index (κ2) is 9.35. The van der Waals surface area contributed by atoms with Gasteiger partial charge in [0.2, 0.25) is 0 Å². The molecule has 6 nitrogen and oxygen atoms in total. The maximum Gasteiger partial charge on any atom is 0.163 e. The molecule has 2 aliphatic heterocycles. The van der Waals surface area contributed by atoms with Crippen molar-refractivity contribution in [2.75, 3.05) is 48.7 Å². The molecule has 3 heterocycles. The number of fused-ring (bicyclic) bond motifs is 3. The van der Waals surface area contributed by atoms with E-state index in [4.69, 9.17) is 14.5 Å². The molecular weight excluding hydrogens is 467 g/mol. The molecule has 7 heteroatoms. The van der Waals surface area contributed by atoms with Gasteiger partial charge in [-0.15, -0.1) is 0 Å². The van der Waals surface area contributed by atoms with Crippen molar-refractivity contribution in [2.45, 2.75) is 38.5 Å². The molecule has 0 aliphatic carbocycles. The smallest absolute Gasteiger partial charge is 0.163 e. The average Bonchev–Trinajstić information content (AvgIpc) is 3.12. The van der Waals surface area contributed by atoms with Crippen LogP contribution in [0.5, 0.6) is 11.5 Å². The summed E-state index contributed by atoms with van der Waals surface area (Å²) in [7, 11) is 1.71. The summed E-state index contributed by atoms with van der Waals surface area (Å²) in [5, 5.41) is 4.72. The molecule has 0 radical (unpaired) electrons. The van der Waals surface area contributed by atoms with Crippen LogP contribution in [0, 0.1) is 0 Å². The van der Waals surface area contributed by atoms with E-state index in [0.717, 1.165) is 54.2 Å². The lowest BCUT2D eigenvalue weighted by molar-refractivity contribution is 0.254. The van der Waals surface area contributed by atoms with Crippen molar-refractivity contribution in [1.82, 2.24) is 9.88 Å². The third-order valence-corrected chi connectivity index (χ3v) is 6.20. The van der Waals surface area contributed by atoms with Crippen LogP contribution in [0.15, 0.2) is 12.1 Å². The zero-order valence-corrected chi connectivity index (χ0v) is 18.7. The number of nitrogens with one attached hydrogen (secondary N) is 2. The number of hydrogen-bond donors (Lipinski definition) is 2. The van der Waals surface area contributed by atoms with Crippen LogP contribution in [-0.4, -0.2) is 49.8 Å². The first-order valence-corrected chi connectivity index (χ1v) is 11.4. The molecule has 4 rings (SSSR count). The monoisotopic (exact) mass is 496 g/mol. The number of hydrogen-bond acceptors (Lipinski definition) is 6. The Labute approximate surface area is 180 Å². The fourth-order valence-corrected chi connectivity index (χ4v) is 4.67. The Kier molecular flexibility index (Phi) is 6.61. The summed E-state index contributed by atoms with van der Waals surface area (Å²) in [5.74, 6) is 2.50. The van der Waals surface area contributed by atoms with Gasteiger partial charge in [0.25, 0.3) is 0 Å². The molecule has 0 amide bonds. The third-order valence-electron chi connectivity index (χ3n) is 5.69. The maximum absolute atomic E-state index is 6.10. The van der Waals surface area contributed by atoms with Crippen molar-refractivity contribution in [3.05, 3.63) is 17.7 Å². The number of rotatable bonds is 7. The van der Waals surface area contributed by atoms with E-state index in [1.54, 1.807) is 7.11 Å². The summed E-state index contributed by atoms with van der Waals surface area (Å²) in [4.78, 5) is 7.39. The summed E-state index contributed by atoms with van der Waals surface area (Å²) >= 11 is 2.17. The fourth-order valence-electron chi connectivity index (χ4n) is 4.22. The van der Waals surface area contributed by atoms with Crippen molar-refractivity contribution in [3.8, 4) is 11.5 Å². The van der Waals surface area contributed by atoms with E-state index in [2.05, 4.69) is 42.7 Å². The second-order valence-corrected chi connectivity index (χ2v) is 8.10. The lowest BCUT2D eigenvalue weighted by Crippen LogP contribution is -2.21. The normalized spacial score (nSPS) is 17.1. The van der Waals surface area contributed by atoms with Crippen LogP contribution < -0.4 is 18.3 Å². The van der Waals surface area contributed by atoms with Crippen LogP contribution in [0.3, 0.4) is 0 Å². The Morgan fingerprint density at radius 1 is 1.18 bits per heavy atom. The number of likely N-dealkylation sites (tertiary alicyclic amines) is 1. The predicted octanol–water partition coefficient (Wildman–Crippen LogP) is 4.62. The maximum atomic E-state index is 6.10. The zero-order valence-electron chi connectivity index (χ0n) is 16.5. The van der Waals surface area contributed by atoms with Gasteiger partial charge in [-0.3, -0.25) is 0 Å². The van der Waals surface area contributed by atoms with Gasteiger partial charge in [0, 0.05) is 30.1 Å². The van der Waals surface area contributed by atoms with Gasteiger partial charge in [-0.1, -0.05) is 0 Å². The molecule has 2 aliphatic rings. The Balaban J connectivity index is 1.58. The van der Waals surface area contributed by atoms with Gasteiger partial charge >= 0.3 is 0 Å². The molecule has 2 N–H and O–H groups in total.